The molecule has 3 fully saturated rings. The molecule has 3 N–H and O–H groups in total. The first-order valence-electron chi connectivity index (χ1n) is 15.1. The topological polar surface area (TPSA) is 74.8 Å². The number of alkyl halides is 3. The summed E-state index contributed by atoms with van der Waals surface area (Å²) in [4.78, 5) is 15.9. The highest BCUT2D eigenvalue weighted by molar-refractivity contribution is 7.95. The fourth-order valence-electron chi connectivity index (χ4n) is 6.21. The number of nitrogens with zero attached hydrogens (tertiary/aromatic N) is 6. The molecule has 0 saturated carbocycles. The fourth-order valence-corrected chi connectivity index (χ4v) is 6.95. The average Bonchev–Trinajstić information content (AvgIpc) is 2.98. The third-order valence-corrected chi connectivity index (χ3v) is 9.41. The van der Waals surface area contributed by atoms with Crippen LogP contribution in [0.1, 0.15) is 43.7 Å². The SMILES string of the molecule is CCc1cc(N2CCC(N3CCN(C)CC3)CC2)ccc1Nc1ncc(C(F)(F)F)c(NC2CCCN(SNC)C2)n1. The molecular weight excluding hydrogens is 563 g/mol. The van der Waals surface area contributed by atoms with E-state index >= 15 is 0 Å². The first kappa shape index (κ1) is 31.1. The van der Waals surface area contributed by atoms with Crippen LogP contribution in [0, 0.1) is 0 Å². The van der Waals surface area contributed by atoms with E-state index < -0.39 is 11.7 Å². The van der Waals surface area contributed by atoms with Crippen LogP contribution in [0.5, 0.6) is 0 Å². The van der Waals surface area contributed by atoms with E-state index in [1.165, 1.54) is 17.8 Å². The summed E-state index contributed by atoms with van der Waals surface area (Å²) in [6.07, 6.45) is 1.09. The van der Waals surface area contributed by atoms with E-state index in [1.807, 2.05) is 13.1 Å². The van der Waals surface area contributed by atoms with Crippen LogP contribution in [0.3, 0.4) is 0 Å². The van der Waals surface area contributed by atoms with Crippen molar-refractivity contribution in [3.8, 4) is 0 Å². The number of aryl methyl sites for hydroxylation is 1. The van der Waals surface area contributed by atoms with Gasteiger partial charge in [-0.25, -0.2) is 9.29 Å². The second kappa shape index (κ2) is 14.0. The Kier molecular flexibility index (Phi) is 10.4. The normalized spacial score (nSPS) is 22.0. The Morgan fingerprint density at radius 1 is 1.02 bits per heavy atom. The number of benzene rings is 1. The van der Waals surface area contributed by atoms with Gasteiger partial charge in [0.15, 0.2) is 0 Å². The summed E-state index contributed by atoms with van der Waals surface area (Å²) in [6, 6.07) is 6.80. The minimum Gasteiger partial charge on any atom is -0.371 e. The lowest BCUT2D eigenvalue weighted by Gasteiger charge is -2.42. The van der Waals surface area contributed by atoms with Gasteiger partial charge in [0.05, 0.1) is 0 Å². The second-order valence-electron chi connectivity index (χ2n) is 11.5. The fraction of sp³-hybridized carbons (Fsp3) is 0.655. The molecule has 0 bridgehead atoms. The first-order valence-corrected chi connectivity index (χ1v) is 15.9. The smallest absolute Gasteiger partial charge is 0.371 e. The standard InChI is InChI=1S/C29H44F3N9S/c1-4-21-18-24(39-12-9-23(10-13-39)40-16-14-38(3)15-17-40)7-8-26(21)36-28-34-19-25(29(30,31)32)27(37-28)35-22-6-5-11-41(20-22)42-33-2/h7-8,18-19,22-23,33H,4-6,9-17,20H2,1-3H3,(H2,34,35,36,37). The number of halogens is 3. The van der Waals surface area contributed by atoms with Crippen LogP contribution in [-0.4, -0.2) is 103 Å². The van der Waals surface area contributed by atoms with Crippen LogP contribution in [0.25, 0.3) is 0 Å². The number of hydrogen-bond acceptors (Lipinski definition) is 10. The minimum absolute atomic E-state index is 0.144. The van der Waals surface area contributed by atoms with E-state index in [4.69, 9.17) is 0 Å². The van der Waals surface area contributed by atoms with Crippen molar-refractivity contribution in [3.63, 3.8) is 0 Å². The Morgan fingerprint density at radius 3 is 2.48 bits per heavy atom. The summed E-state index contributed by atoms with van der Waals surface area (Å²) < 4.78 is 46.8. The van der Waals surface area contributed by atoms with Gasteiger partial charge < -0.3 is 20.4 Å². The van der Waals surface area contributed by atoms with Gasteiger partial charge in [0.1, 0.15) is 11.4 Å². The molecule has 0 amide bonds. The molecule has 1 aromatic carbocycles. The Bertz CT molecular complexity index is 1170. The van der Waals surface area contributed by atoms with Crippen molar-refractivity contribution in [2.75, 3.05) is 82.0 Å². The van der Waals surface area contributed by atoms with Crippen LogP contribution in [0.4, 0.5) is 36.3 Å². The third-order valence-electron chi connectivity index (χ3n) is 8.64. The maximum Gasteiger partial charge on any atom is 0.421 e. The van der Waals surface area contributed by atoms with Gasteiger partial charge >= 0.3 is 6.18 Å². The number of hydrogen-bond donors (Lipinski definition) is 3. The Morgan fingerprint density at radius 2 is 1.79 bits per heavy atom. The second-order valence-corrected chi connectivity index (χ2v) is 12.6. The maximum absolute atomic E-state index is 13.9. The molecule has 3 saturated heterocycles. The zero-order chi connectivity index (χ0) is 29.7. The van der Waals surface area contributed by atoms with Crippen molar-refractivity contribution < 1.29 is 13.2 Å². The zero-order valence-electron chi connectivity index (χ0n) is 24.9. The molecule has 3 aliphatic rings. The molecule has 5 rings (SSSR count). The summed E-state index contributed by atoms with van der Waals surface area (Å²) in [6.45, 7) is 10.2. The summed E-state index contributed by atoms with van der Waals surface area (Å²) in [5.41, 5.74) is 2.23. The van der Waals surface area contributed by atoms with Crippen molar-refractivity contribution in [2.45, 2.75) is 57.3 Å². The molecule has 1 atom stereocenters. The monoisotopic (exact) mass is 607 g/mol. The number of piperidine rings is 2. The summed E-state index contributed by atoms with van der Waals surface area (Å²) in [7, 11) is 4.03. The van der Waals surface area contributed by atoms with Gasteiger partial charge in [-0.05, 0) is 70.0 Å². The third kappa shape index (κ3) is 7.79. The van der Waals surface area contributed by atoms with Gasteiger partial charge in [-0.3, -0.25) is 9.62 Å². The summed E-state index contributed by atoms with van der Waals surface area (Å²) in [5.74, 6) is -0.0302. The van der Waals surface area contributed by atoms with Gasteiger partial charge in [-0.1, -0.05) is 6.92 Å². The Hall–Kier alpha value is -2.32. The van der Waals surface area contributed by atoms with E-state index in [0.29, 0.717) is 12.6 Å². The zero-order valence-corrected chi connectivity index (χ0v) is 25.7. The highest BCUT2D eigenvalue weighted by atomic mass is 32.2. The number of anilines is 4. The van der Waals surface area contributed by atoms with Crippen LogP contribution in [-0.2, 0) is 12.6 Å². The van der Waals surface area contributed by atoms with Crippen LogP contribution >= 0.6 is 12.1 Å². The van der Waals surface area contributed by atoms with Crippen LogP contribution in [0.2, 0.25) is 0 Å². The molecular formula is C29H44F3N9S. The summed E-state index contributed by atoms with van der Waals surface area (Å²) >= 11 is 1.47. The minimum atomic E-state index is -4.55. The Labute approximate surface area is 251 Å². The average molecular weight is 608 g/mol. The predicted octanol–water partition coefficient (Wildman–Crippen LogP) is 4.68. The lowest BCUT2D eigenvalue weighted by Crippen LogP contribution is -2.52. The highest BCUT2D eigenvalue weighted by Crippen LogP contribution is 2.36. The molecule has 1 aromatic heterocycles. The van der Waals surface area contributed by atoms with Gasteiger partial charge in [-0.15, -0.1) is 0 Å². The largest absolute Gasteiger partial charge is 0.421 e. The van der Waals surface area contributed by atoms with Crippen molar-refractivity contribution in [3.05, 3.63) is 35.5 Å². The molecule has 0 aliphatic carbocycles. The predicted molar refractivity (Wildman–Crippen MR) is 165 cm³/mol. The first-order chi connectivity index (χ1) is 20.2. The molecule has 2 aromatic rings. The number of likely N-dealkylation sites (N-methyl/N-ethyl adjacent to an activating group) is 1. The van der Waals surface area contributed by atoms with Crippen molar-refractivity contribution in [1.82, 2.24) is 28.8 Å². The molecule has 232 valence electrons. The summed E-state index contributed by atoms with van der Waals surface area (Å²) in [5, 5.41) is 6.28. The molecule has 1 unspecified atom stereocenters. The van der Waals surface area contributed by atoms with Crippen molar-refractivity contribution >= 4 is 35.3 Å². The molecule has 13 heteroatoms. The lowest BCUT2D eigenvalue weighted by atomic mass is 10.0. The number of nitrogens with one attached hydrogen (secondary N) is 3. The quantitative estimate of drug-likeness (QED) is 0.350. The maximum atomic E-state index is 13.9. The van der Waals surface area contributed by atoms with E-state index in [0.717, 1.165) is 95.4 Å². The van der Waals surface area contributed by atoms with Crippen LogP contribution in [0.15, 0.2) is 24.4 Å². The van der Waals surface area contributed by atoms with Gasteiger partial charge in [0.2, 0.25) is 5.95 Å². The number of piperazine rings is 1. The van der Waals surface area contributed by atoms with Gasteiger partial charge in [0.25, 0.3) is 0 Å². The van der Waals surface area contributed by atoms with Crippen molar-refractivity contribution in [2.24, 2.45) is 0 Å². The van der Waals surface area contributed by atoms with Gasteiger partial charge in [-0.2, -0.15) is 18.2 Å². The van der Waals surface area contributed by atoms with Crippen molar-refractivity contribution in [1.29, 1.82) is 0 Å². The molecule has 3 aliphatic heterocycles. The van der Waals surface area contributed by atoms with E-state index in [9.17, 15) is 13.2 Å². The lowest BCUT2D eigenvalue weighted by molar-refractivity contribution is -0.137. The van der Waals surface area contributed by atoms with E-state index in [-0.39, 0.29) is 17.8 Å². The number of aromatic nitrogens is 2. The van der Waals surface area contributed by atoms with Crippen LogP contribution < -0.4 is 20.3 Å². The molecule has 42 heavy (non-hydrogen) atoms. The van der Waals surface area contributed by atoms with E-state index in [1.54, 1.807) is 0 Å². The highest BCUT2D eigenvalue weighted by Gasteiger charge is 2.36. The number of rotatable bonds is 9. The molecule has 9 nitrogen and oxygen atoms in total. The van der Waals surface area contributed by atoms with Gasteiger partial charge in [0, 0.05) is 94.1 Å². The molecule has 0 radical (unpaired) electrons. The van der Waals surface area contributed by atoms with E-state index in [2.05, 4.69) is 70.4 Å². The Balaban J connectivity index is 1.26. The molecule has 0 spiro atoms. The molecule has 4 heterocycles.